The molecule has 0 radical (unpaired) electrons. The lowest BCUT2D eigenvalue weighted by molar-refractivity contribution is 0.0661. The van der Waals surface area contributed by atoms with Crippen LogP contribution in [0.4, 0.5) is 0 Å². The molecule has 1 unspecified atom stereocenters. The molecule has 0 bridgehead atoms. The number of rotatable bonds is 6. The zero-order valence-corrected chi connectivity index (χ0v) is 12.3. The average Bonchev–Trinajstić information content (AvgIpc) is 2.81. The standard InChI is InChI=1S/C15H24N2O3/c1-11(17-6-4-3-5-7-17)9-16-10-13-8-14(15(18)19)20-12(13)2/h8,11,16H,3-7,9-10H2,1-2H3,(H,18,19). The van der Waals surface area contributed by atoms with Crippen molar-refractivity contribution in [2.45, 2.75) is 45.7 Å². The molecule has 112 valence electrons. The highest BCUT2D eigenvalue weighted by atomic mass is 16.4. The topological polar surface area (TPSA) is 65.7 Å². The molecule has 1 aromatic rings. The minimum absolute atomic E-state index is 0.0170. The lowest BCUT2D eigenvalue weighted by atomic mass is 10.1. The minimum Gasteiger partial charge on any atom is -0.475 e. The molecule has 1 fully saturated rings. The van der Waals surface area contributed by atoms with E-state index >= 15 is 0 Å². The number of hydrogen-bond acceptors (Lipinski definition) is 4. The number of furan rings is 1. The molecule has 2 rings (SSSR count). The fourth-order valence-electron chi connectivity index (χ4n) is 2.70. The Kier molecular flexibility index (Phi) is 5.20. The van der Waals surface area contributed by atoms with Gasteiger partial charge in [-0.3, -0.25) is 4.90 Å². The van der Waals surface area contributed by atoms with E-state index in [-0.39, 0.29) is 5.76 Å². The van der Waals surface area contributed by atoms with Crippen LogP contribution >= 0.6 is 0 Å². The van der Waals surface area contributed by atoms with Crippen LogP contribution in [0.1, 0.15) is 48.1 Å². The molecule has 1 aliphatic rings. The van der Waals surface area contributed by atoms with Crippen molar-refractivity contribution in [2.24, 2.45) is 0 Å². The van der Waals surface area contributed by atoms with Gasteiger partial charge in [-0.25, -0.2) is 4.79 Å². The molecular weight excluding hydrogens is 256 g/mol. The van der Waals surface area contributed by atoms with Crippen molar-refractivity contribution >= 4 is 5.97 Å². The fraction of sp³-hybridized carbons (Fsp3) is 0.667. The Morgan fingerprint density at radius 2 is 2.15 bits per heavy atom. The lowest BCUT2D eigenvalue weighted by Gasteiger charge is -2.32. The number of likely N-dealkylation sites (tertiary alicyclic amines) is 1. The van der Waals surface area contributed by atoms with Gasteiger partial charge in [-0.05, 0) is 45.8 Å². The van der Waals surface area contributed by atoms with Crippen LogP contribution in [0.5, 0.6) is 0 Å². The van der Waals surface area contributed by atoms with E-state index in [9.17, 15) is 4.79 Å². The second-order valence-corrected chi connectivity index (χ2v) is 5.57. The number of nitrogens with zero attached hydrogens (tertiary/aromatic N) is 1. The van der Waals surface area contributed by atoms with Gasteiger partial charge in [0.15, 0.2) is 0 Å². The smallest absolute Gasteiger partial charge is 0.371 e. The van der Waals surface area contributed by atoms with E-state index < -0.39 is 5.97 Å². The number of aromatic carboxylic acids is 1. The highest BCUT2D eigenvalue weighted by Gasteiger charge is 2.17. The van der Waals surface area contributed by atoms with E-state index in [1.54, 1.807) is 13.0 Å². The van der Waals surface area contributed by atoms with Gasteiger partial charge in [-0.2, -0.15) is 0 Å². The van der Waals surface area contributed by atoms with E-state index in [0.29, 0.717) is 18.3 Å². The van der Waals surface area contributed by atoms with E-state index in [4.69, 9.17) is 9.52 Å². The van der Waals surface area contributed by atoms with E-state index in [2.05, 4.69) is 17.1 Å². The molecule has 1 atom stereocenters. The zero-order chi connectivity index (χ0) is 14.5. The number of piperidine rings is 1. The third-order valence-electron chi connectivity index (χ3n) is 4.00. The molecule has 0 amide bonds. The molecule has 1 aliphatic heterocycles. The van der Waals surface area contributed by atoms with Gasteiger partial charge in [0.1, 0.15) is 5.76 Å². The Morgan fingerprint density at radius 3 is 2.75 bits per heavy atom. The molecule has 5 heteroatoms. The Balaban J connectivity index is 1.78. The number of carbonyl (C=O) groups is 1. The average molecular weight is 280 g/mol. The van der Waals surface area contributed by atoms with Gasteiger partial charge in [-0.1, -0.05) is 6.42 Å². The van der Waals surface area contributed by atoms with Crippen molar-refractivity contribution in [3.05, 3.63) is 23.2 Å². The van der Waals surface area contributed by atoms with Crippen molar-refractivity contribution in [3.63, 3.8) is 0 Å². The Bertz CT molecular complexity index is 450. The van der Waals surface area contributed by atoms with E-state index in [1.807, 2.05) is 0 Å². The Labute approximate surface area is 119 Å². The first-order valence-electron chi connectivity index (χ1n) is 7.35. The highest BCUT2D eigenvalue weighted by Crippen LogP contribution is 2.15. The van der Waals surface area contributed by atoms with Crippen LogP contribution in [-0.2, 0) is 6.54 Å². The predicted octanol–water partition coefficient (Wildman–Crippen LogP) is 2.25. The SMILES string of the molecule is Cc1oc(C(=O)O)cc1CNCC(C)N1CCCCC1. The van der Waals surface area contributed by atoms with Crippen molar-refractivity contribution < 1.29 is 14.3 Å². The first-order valence-corrected chi connectivity index (χ1v) is 7.35. The van der Waals surface area contributed by atoms with Crippen LogP contribution in [0.25, 0.3) is 0 Å². The second-order valence-electron chi connectivity index (χ2n) is 5.57. The Morgan fingerprint density at radius 1 is 1.45 bits per heavy atom. The molecule has 0 aromatic carbocycles. The summed E-state index contributed by atoms with van der Waals surface area (Å²) in [7, 11) is 0. The van der Waals surface area contributed by atoms with Crippen molar-refractivity contribution in [1.82, 2.24) is 10.2 Å². The van der Waals surface area contributed by atoms with Crippen molar-refractivity contribution in [3.8, 4) is 0 Å². The van der Waals surface area contributed by atoms with Gasteiger partial charge in [-0.15, -0.1) is 0 Å². The quantitative estimate of drug-likeness (QED) is 0.836. The monoisotopic (exact) mass is 280 g/mol. The van der Waals surface area contributed by atoms with Gasteiger partial charge in [0.05, 0.1) is 0 Å². The number of nitrogens with one attached hydrogen (secondary N) is 1. The number of carboxylic acid groups (broad SMARTS) is 1. The summed E-state index contributed by atoms with van der Waals surface area (Å²) in [5.74, 6) is -0.315. The van der Waals surface area contributed by atoms with Gasteiger partial charge in [0.2, 0.25) is 5.76 Å². The van der Waals surface area contributed by atoms with Crippen LogP contribution in [-0.4, -0.2) is 41.7 Å². The molecule has 2 heterocycles. The predicted molar refractivity (Wildman–Crippen MR) is 77.0 cm³/mol. The maximum absolute atomic E-state index is 10.8. The normalized spacial score (nSPS) is 18.1. The number of carboxylic acids is 1. The summed E-state index contributed by atoms with van der Waals surface area (Å²) in [5.41, 5.74) is 0.924. The third kappa shape index (κ3) is 3.84. The van der Waals surface area contributed by atoms with Gasteiger partial charge >= 0.3 is 5.97 Å². The first-order chi connectivity index (χ1) is 9.58. The van der Waals surface area contributed by atoms with E-state index in [1.165, 1.54) is 32.4 Å². The summed E-state index contributed by atoms with van der Waals surface area (Å²) in [4.78, 5) is 13.3. The molecule has 2 N–H and O–H groups in total. The third-order valence-corrected chi connectivity index (χ3v) is 4.00. The Hall–Kier alpha value is -1.33. The second kappa shape index (κ2) is 6.90. The summed E-state index contributed by atoms with van der Waals surface area (Å²) >= 11 is 0. The molecular formula is C15H24N2O3. The minimum atomic E-state index is -1.01. The van der Waals surface area contributed by atoms with Crippen LogP contribution < -0.4 is 5.32 Å². The summed E-state index contributed by atoms with van der Waals surface area (Å²) in [5, 5.41) is 12.3. The van der Waals surface area contributed by atoms with Crippen LogP contribution in [0.15, 0.2) is 10.5 Å². The van der Waals surface area contributed by atoms with E-state index in [0.717, 1.165) is 12.1 Å². The summed E-state index contributed by atoms with van der Waals surface area (Å²) in [6, 6.07) is 2.12. The zero-order valence-electron chi connectivity index (χ0n) is 12.3. The maximum atomic E-state index is 10.8. The van der Waals surface area contributed by atoms with Crippen molar-refractivity contribution in [1.29, 1.82) is 0 Å². The summed E-state index contributed by atoms with van der Waals surface area (Å²) in [6.07, 6.45) is 3.95. The summed E-state index contributed by atoms with van der Waals surface area (Å²) < 4.78 is 5.20. The molecule has 0 aliphatic carbocycles. The largest absolute Gasteiger partial charge is 0.475 e. The highest BCUT2D eigenvalue weighted by molar-refractivity contribution is 5.84. The van der Waals surface area contributed by atoms with Gasteiger partial charge in [0, 0.05) is 24.7 Å². The molecule has 0 saturated carbocycles. The molecule has 0 spiro atoms. The maximum Gasteiger partial charge on any atom is 0.371 e. The van der Waals surface area contributed by atoms with Crippen molar-refractivity contribution in [2.75, 3.05) is 19.6 Å². The van der Waals surface area contributed by atoms with Crippen LogP contribution in [0.2, 0.25) is 0 Å². The van der Waals surface area contributed by atoms with Crippen LogP contribution in [0, 0.1) is 6.92 Å². The number of aryl methyl sites for hydroxylation is 1. The molecule has 1 saturated heterocycles. The molecule has 1 aromatic heterocycles. The summed E-state index contributed by atoms with van der Waals surface area (Å²) in [6.45, 7) is 7.99. The number of hydrogen-bond donors (Lipinski definition) is 2. The van der Waals surface area contributed by atoms with Gasteiger partial charge in [0.25, 0.3) is 0 Å². The lowest BCUT2D eigenvalue weighted by Crippen LogP contribution is -2.42. The first kappa shape index (κ1) is 15.1. The fourth-order valence-corrected chi connectivity index (χ4v) is 2.70. The molecule has 5 nitrogen and oxygen atoms in total. The van der Waals surface area contributed by atoms with Gasteiger partial charge < -0.3 is 14.8 Å². The molecule has 20 heavy (non-hydrogen) atoms. The van der Waals surface area contributed by atoms with Crippen LogP contribution in [0.3, 0.4) is 0 Å².